The fourth-order valence-corrected chi connectivity index (χ4v) is 3.03. The van der Waals surface area contributed by atoms with Crippen molar-refractivity contribution in [3.8, 4) is 0 Å². The van der Waals surface area contributed by atoms with E-state index in [9.17, 15) is 4.39 Å². The second-order valence-corrected chi connectivity index (χ2v) is 6.17. The lowest BCUT2D eigenvalue weighted by atomic mass is 10.2. The number of unbranched alkanes of at least 4 members (excludes halogenated alkanes) is 2. The van der Waals surface area contributed by atoms with Crippen molar-refractivity contribution in [2.24, 2.45) is 0 Å². The maximum Gasteiger partial charge on any atom is 0.125 e. The topological polar surface area (TPSA) is 17.8 Å². The molecule has 0 unspecified atom stereocenters. The van der Waals surface area contributed by atoms with Crippen LogP contribution >= 0.6 is 23.4 Å². The number of halogens is 2. The summed E-state index contributed by atoms with van der Waals surface area (Å²) in [6, 6.07) is 4.78. The Morgan fingerprint density at radius 2 is 2.15 bits per heavy atom. The van der Waals surface area contributed by atoms with Gasteiger partial charge in [0.15, 0.2) is 0 Å². The lowest BCUT2D eigenvalue weighted by Crippen LogP contribution is -2.05. The third-order valence-electron chi connectivity index (χ3n) is 3.34. The molecule has 0 aliphatic heterocycles. The summed E-state index contributed by atoms with van der Waals surface area (Å²) in [6.45, 7) is 0.889. The average Bonchev–Trinajstić information content (AvgIpc) is 2.76. The van der Waals surface area contributed by atoms with E-state index in [1.54, 1.807) is 12.1 Å². The van der Waals surface area contributed by atoms with Crippen molar-refractivity contribution in [2.45, 2.75) is 32.2 Å². The Bertz CT molecular complexity index is 556. The van der Waals surface area contributed by atoms with Crippen molar-refractivity contribution in [3.05, 3.63) is 29.8 Å². The Morgan fingerprint density at radius 3 is 2.90 bits per heavy atom. The van der Waals surface area contributed by atoms with Gasteiger partial charge < -0.3 is 4.57 Å². The van der Waals surface area contributed by atoms with Gasteiger partial charge in [-0.3, -0.25) is 0 Å². The smallest absolute Gasteiger partial charge is 0.125 e. The van der Waals surface area contributed by atoms with Crippen LogP contribution in [0.2, 0.25) is 0 Å². The molecule has 1 heterocycles. The third kappa shape index (κ3) is 3.89. The second-order valence-electron chi connectivity index (χ2n) is 4.81. The normalized spacial score (nSPS) is 11.3. The first-order valence-electron chi connectivity index (χ1n) is 6.96. The van der Waals surface area contributed by atoms with Crippen LogP contribution in [0.25, 0.3) is 11.0 Å². The number of hydrogen-bond donors (Lipinski definition) is 0. The molecule has 0 fully saturated rings. The van der Waals surface area contributed by atoms with Gasteiger partial charge >= 0.3 is 0 Å². The zero-order chi connectivity index (χ0) is 14.4. The van der Waals surface area contributed by atoms with Crippen LogP contribution in [0.15, 0.2) is 18.2 Å². The van der Waals surface area contributed by atoms with Gasteiger partial charge in [-0.05, 0) is 43.0 Å². The highest BCUT2D eigenvalue weighted by molar-refractivity contribution is 7.98. The summed E-state index contributed by atoms with van der Waals surface area (Å²) in [5, 5.41) is 0. The van der Waals surface area contributed by atoms with E-state index in [1.165, 1.54) is 24.7 Å². The minimum Gasteiger partial charge on any atom is -0.328 e. The highest BCUT2D eigenvalue weighted by Crippen LogP contribution is 2.19. The van der Waals surface area contributed by atoms with E-state index in [0.29, 0.717) is 5.88 Å². The molecule has 1 aromatic heterocycles. The van der Waals surface area contributed by atoms with Crippen molar-refractivity contribution >= 4 is 34.4 Å². The number of aryl methyl sites for hydroxylation is 2. The van der Waals surface area contributed by atoms with Crippen molar-refractivity contribution in [2.75, 3.05) is 17.9 Å². The molecular weight excluding hydrogens is 295 g/mol. The first-order chi connectivity index (χ1) is 9.76. The van der Waals surface area contributed by atoms with Crippen LogP contribution in [-0.4, -0.2) is 27.4 Å². The molecule has 110 valence electrons. The second kappa shape index (κ2) is 7.89. The molecule has 1 aromatic carbocycles. The molecule has 0 atom stereocenters. The minimum absolute atomic E-state index is 0.210. The van der Waals surface area contributed by atoms with Crippen LogP contribution in [0.1, 0.15) is 25.1 Å². The lowest BCUT2D eigenvalue weighted by Gasteiger charge is -2.08. The molecule has 2 aromatic rings. The molecule has 2 nitrogen and oxygen atoms in total. The Hall–Kier alpha value is -0.740. The number of benzene rings is 1. The van der Waals surface area contributed by atoms with E-state index in [2.05, 4.69) is 15.8 Å². The summed E-state index contributed by atoms with van der Waals surface area (Å²) in [5.41, 5.74) is 1.74. The van der Waals surface area contributed by atoms with Gasteiger partial charge in [0.1, 0.15) is 11.6 Å². The predicted octanol–water partition coefficient (Wildman–Crippen LogP) is 4.49. The standard InChI is InChI=1S/C15H20ClFN2S/c1-20-10-4-2-3-9-19-14-11-12(17)5-6-13(14)18-15(19)7-8-16/h5-6,11H,2-4,7-10H2,1H3. The van der Waals surface area contributed by atoms with Gasteiger partial charge in [-0.1, -0.05) is 6.42 Å². The third-order valence-corrected chi connectivity index (χ3v) is 4.22. The van der Waals surface area contributed by atoms with Gasteiger partial charge in [0, 0.05) is 18.8 Å². The summed E-state index contributed by atoms with van der Waals surface area (Å²) in [4.78, 5) is 4.57. The zero-order valence-electron chi connectivity index (χ0n) is 11.7. The Labute approximate surface area is 128 Å². The number of thioether (sulfide) groups is 1. The van der Waals surface area contributed by atoms with Crippen LogP contribution in [0.4, 0.5) is 4.39 Å². The largest absolute Gasteiger partial charge is 0.328 e. The summed E-state index contributed by atoms with van der Waals surface area (Å²) in [6.07, 6.45) is 6.37. The predicted molar refractivity (Wildman–Crippen MR) is 86.3 cm³/mol. The van der Waals surface area contributed by atoms with Crippen LogP contribution < -0.4 is 0 Å². The number of alkyl halides is 1. The highest BCUT2D eigenvalue weighted by atomic mass is 35.5. The summed E-state index contributed by atoms with van der Waals surface area (Å²) in [7, 11) is 0. The summed E-state index contributed by atoms with van der Waals surface area (Å²) in [5.74, 6) is 2.50. The van der Waals surface area contributed by atoms with E-state index in [-0.39, 0.29) is 5.82 Å². The zero-order valence-corrected chi connectivity index (χ0v) is 13.3. The van der Waals surface area contributed by atoms with Crippen molar-refractivity contribution in [3.63, 3.8) is 0 Å². The molecule has 0 N–H and O–H groups in total. The molecule has 0 aliphatic carbocycles. The molecule has 0 spiro atoms. The van der Waals surface area contributed by atoms with Crippen molar-refractivity contribution in [1.82, 2.24) is 9.55 Å². The Morgan fingerprint density at radius 1 is 1.30 bits per heavy atom. The van der Waals surface area contributed by atoms with Crippen LogP contribution in [0.3, 0.4) is 0 Å². The number of aromatic nitrogens is 2. The van der Waals surface area contributed by atoms with Crippen LogP contribution in [0.5, 0.6) is 0 Å². The van der Waals surface area contributed by atoms with Crippen LogP contribution in [0, 0.1) is 5.82 Å². The fourth-order valence-electron chi connectivity index (χ4n) is 2.36. The molecule has 0 aliphatic rings. The molecule has 2 rings (SSSR count). The molecule has 5 heteroatoms. The van der Waals surface area contributed by atoms with Gasteiger partial charge in [0.2, 0.25) is 0 Å². The van der Waals surface area contributed by atoms with E-state index in [4.69, 9.17) is 11.6 Å². The number of fused-ring (bicyclic) bond motifs is 1. The summed E-state index contributed by atoms with van der Waals surface area (Å²) < 4.78 is 15.6. The molecule has 0 amide bonds. The molecule has 0 radical (unpaired) electrons. The van der Waals surface area contributed by atoms with Gasteiger partial charge in [0.05, 0.1) is 11.0 Å². The average molecular weight is 315 g/mol. The number of nitrogens with zero attached hydrogens (tertiary/aromatic N) is 2. The SMILES string of the molecule is CSCCCCCn1c(CCCl)nc2ccc(F)cc21. The maximum absolute atomic E-state index is 13.4. The molecule has 0 saturated heterocycles. The maximum atomic E-state index is 13.4. The van der Waals surface area contributed by atoms with E-state index in [0.717, 1.165) is 36.2 Å². The quantitative estimate of drug-likeness (QED) is 0.528. The minimum atomic E-state index is -0.210. The van der Waals surface area contributed by atoms with E-state index >= 15 is 0 Å². The molecule has 20 heavy (non-hydrogen) atoms. The van der Waals surface area contributed by atoms with Gasteiger partial charge in [-0.25, -0.2) is 9.37 Å². The first kappa shape index (κ1) is 15.6. The molecule has 0 saturated carbocycles. The number of hydrogen-bond acceptors (Lipinski definition) is 2. The number of imidazole rings is 1. The lowest BCUT2D eigenvalue weighted by molar-refractivity contribution is 0.593. The van der Waals surface area contributed by atoms with Crippen molar-refractivity contribution in [1.29, 1.82) is 0 Å². The molecular formula is C15H20ClFN2S. The number of rotatable bonds is 8. The monoisotopic (exact) mass is 314 g/mol. The first-order valence-corrected chi connectivity index (χ1v) is 8.88. The van der Waals surface area contributed by atoms with Gasteiger partial charge in [-0.15, -0.1) is 11.6 Å². The van der Waals surface area contributed by atoms with Crippen LogP contribution in [-0.2, 0) is 13.0 Å². The van der Waals surface area contributed by atoms with Crippen molar-refractivity contribution < 1.29 is 4.39 Å². The summed E-state index contributed by atoms with van der Waals surface area (Å²) >= 11 is 7.72. The highest BCUT2D eigenvalue weighted by Gasteiger charge is 2.10. The Balaban J connectivity index is 2.15. The van der Waals surface area contributed by atoms with Gasteiger partial charge in [0.25, 0.3) is 0 Å². The fraction of sp³-hybridized carbons (Fsp3) is 0.533. The van der Waals surface area contributed by atoms with E-state index < -0.39 is 0 Å². The Kier molecular flexibility index (Phi) is 6.17. The van der Waals surface area contributed by atoms with E-state index in [1.807, 2.05) is 11.8 Å². The van der Waals surface area contributed by atoms with Gasteiger partial charge in [-0.2, -0.15) is 11.8 Å². The molecule has 0 bridgehead atoms.